The largest absolute Gasteiger partial charge is 0.396 e. The molecule has 0 radical (unpaired) electrons. The second-order valence-electron chi connectivity index (χ2n) is 6.28. The van der Waals surface area contributed by atoms with Gasteiger partial charge in [0.1, 0.15) is 5.82 Å². The zero-order chi connectivity index (χ0) is 15.3. The predicted octanol–water partition coefficient (Wildman–Crippen LogP) is 2.35. The molecule has 1 aliphatic carbocycles. The van der Waals surface area contributed by atoms with Gasteiger partial charge in [-0.1, -0.05) is 13.8 Å². The van der Waals surface area contributed by atoms with Crippen molar-refractivity contribution in [1.29, 1.82) is 0 Å². The topological polar surface area (TPSA) is 72.2 Å². The number of aryl methyl sites for hydroxylation is 1. The van der Waals surface area contributed by atoms with Gasteiger partial charge >= 0.3 is 0 Å². The molecular formula is C14H21FN2O2S. The molecule has 1 atom stereocenters. The molecule has 20 heavy (non-hydrogen) atoms. The van der Waals surface area contributed by atoms with Gasteiger partial charge in [0.2, 0.25) is 10.0 Å². The first kappa shape index (κ1) is 15.3. The molecule has 1 saturated carbocycles. The second kappa shape index (κ2) is 4.70. The zero-order valence-corrected chi connectivity index (χ0v) is 13.1. The molecule has 3 N–H and O–H groups in total. The Morgan fingerprint density at radius 1 is 1.45 bits per heavy atom. The highest BCUT2D eigenvalue weighted by atomic mass is 32.2. The fraction of sp³-hybridized carbons (Fsp3) is 0.571. The van der Waals surface area contributed by atoms with Gasteiger partial charge in [-0.25, -0.2) is 17.5 Å². The first-order chi connectivity index (χ1) is 9.06. The number of hydrogen-bond donors (Lipinski definition) is 2. The first-order valence-electron chi connectivity index (χ1n) is 6.61. The number of hydrogen-bond acceptors (Lipinski definition) is 3. The summed E-state index contributed by atoms with van der Waals surface area (Å²) >= 11 is 0. The molecule has 0 spiro atoms. The Labute approximate surface area is 119 Å². The summed E-state index contributed by atoms with van der Waals surface area (Å²) < 4.78 is 40.9. The van der Waals surface area contributed by atoms with Crippen molar-refractivity contribution < 1.29 is 12.8 Å². The smallest absolute Gasteiger partial charge is 0.241 e. The third-order valence-corrected chi connectivity index (χ3v) is 5.92. The molecule has 1 fully saturated rings. The van der Waals surface area contributed by atoms with E-state index in [0.29, 0.717) is 18.0 Å². The number of nitrogen functional groups attached to an aromatic ring is 1. The van der Waals surface area contributed by atoms with Crippen molar-refractivity contribution in [2.75, 3.05) is 12.3 Å². The van der Waals surface area contributed by atoms with Gasteiger partial charge in [0.05, 0.1) is 10.6 Å². The van der Waals surface area contributed by atoms with Crippen LogP contribution in [0, 0.1) is 31.0 Å². The SMILES string of the molecule is Cc1cc(F)c(N)c(C)c1S(=O)(=O)NCC1CC1(C)C. The highest BCUT2D eigenvalue weighted by Gasteiger charge is 2.45. The van der Waals surface area contributed by atoms with Gasteiger partial charge in [0.15, 0.2) is 0 Å². The fourth-order valence-corrected chi connectivity index (χ4v) is 4.11. The van der Waals surface area contributed by atoms with E-state index in [1.54, 1.807) is 6.92 Å². The molecule has 2 rings (SSSR count). The molecule has 4 nitrogen and oxygen atoms in total. The summed E-state index contributed by atoms with van der Waals surface area (Å²) in [6, 6.07) is 1.16. The number of anilines is 1. The lowest BCUT2D eigenvalue weighted by atomic mass is 10.1. The Hall–Kier alpha value is -1.14. The summed E-state index contributed by atoms with van der Waals surface area (Å²) in [5.41, 5.74) is 6.33. The fourth-order valence-electron chi connectivity index (χ4n) is 2.55. The second-order valence-corrected chi connectivity index (χ2v) is 7.99. The number of nitrogens with one attached hydrogen (secondary N) is 1. The molecule has 0 saturated heterocycles. The third kappa shape index (κ3) is 2.67. The molecule has 0 heterocycles. The number of halogens is 1. The average Bonchev–Trinajstić information content (AvgIpc) is 2.91. The Morgan fingerprint density at radius 3 is 2.50 bits per heavy atom. The van der Waals surface area contributed by atoms with E-state index in [-0.39, 0.29) is 21.6 Å². The maximum Gasteiger partial charge on any atom is 0.241 e. The summed E-state index contributed by atoms with van der Waals surface area (Å²) in [7, 11) is -3.66. The monoisotopic (exact) mass is 300 g/mol. The first-order valence-corrected chi connectivity index (χ1v) is 8.09. The van der Waals surface area contributed by atoms with Crippen LogP contribution in [0.5, 0.6) is 0 Å². The van der Waals surface area contributed by atoms with Crippen LogP contribution in [0.2, 0.25) is 0 Å². The summed E-state index contributed by atoms with van der Waals surface area (Å²) in [5.74, 6) is -0.224. The molecule has 1 aromatic rings. The number of rotatable bonds is 4. The van der Waals surface area contributed by atoms with Gasteiger partial charge in [0, 0.05) is 6.54 Å². The van der Waals surface area contributed by atoms with E-state index < -0.39 is 15.8 Å². The zero-order valence-electron chi connectivity index (χ0n) is 12.2. The van der Waals surface area contributed by atoms with Crippen molar-refractivity contribution in [3.63, 3.8) is 0 Å². The molecule has 112 valence electrons. The summed E-state index contributed by atoms with van der Waals surface area (Å²) in [6.45, 7) is 7.73. The van der Waals surface area contributed by atoms with E-state index in [2.05, 4.69) is 18.6 Å². The number of benzene rings is 1. The van der Waals surface area contributed by atoms with Crippen molar-refractivity contribution in [2.24, 2.45) is 11.3 Å². The Balaban J connectivity index is 2.28. The molecule has 1 aliphatic rings. The third-order valence-electron chi connectivity index (χ3n) is 4.21. The lowest BCUT2D eigenvalue weighted by molar-refractivity contribution is 0.537. The van der Waals surface area contributed by atoms with Crippen molar-refractivity contribution in [1.82, 2.24) is 4.72 Å². The minimum absolute atomic E-state index is 0.0925. The van der Waals surface area contributed by atoms with Crippen molar-refractivity contribution in [3.05, 3.63) is 23.0 Å². The quantitative estimate of drug-likeness (QED) is 0.838. The predicted molar refractivity (Wildman–Crippen MR) is 77.4 cm³/mol. The van der Waals surface area contributed by atoms with E-state index in [0.717, 1.165) is 12.5 Å². The molecule has 0 aromatic heterocycles. The lowest BCUT2D eigenvalue weighted by Gasteiger charge is -2.14. The van der Waals surface area contributed by atoms with Crippen LogP contribution in [0.1, 0.15) is 31.4 Å². The normalized spacial score (nSPS) is 20.9. The highest BCUT2D eigenvalue weighted by Crippen LogP contribution is 2.51. The van der Waals surface area contributed by atoms with Crippen LogP contribution in [0.3, 0.4) is 0 Å². The van der Waals surface area contributed by atoms with E-state index in [9.17, 15) is 12.8 Å². The summed E-state index contributed by atoms with van der Waals surface area (Å²) in [6.07, 6.45) is 1.01. The van der Waals surface area contributed by atoms with Crippen LogP contribution in [-0.2, 0) is 10.0 Å². The highest BCUT2D eigenvalue weighted by molar-refractivity contribution is 7.89. The maximum atomic E-state index is 13.5. The van der Waals surface area contributed by atoms with Gasteiger partial charge in [-0.05, 0) is 48.8 Å². The minimum Gasteiger partial charge on any atom is -0.396 e. The van der Waals surface area contributed by atoms with E-state index >= 15 is 0 Å². The molecule has 0 amide bonds. The van der Waals surface area contributed by atoms with Crippen LogP contribution >= 0.6 is 0 Å². The van der Waals surface area contributed by atoms with Gasteiger partial charge < -0.3 is 5.73 Å². The standard InChI is InChI=1S/C14H21FN2O2S/c1-8-5-11(15)12(16)9(2)13(8)20(18,19)17-7-10-6-14(10,3)4/h5,10,17H,6-7,16H2,1-4H3. The van der Waals surface area contributed by atoms with Crippen molar-refractivity contribution in [2.45, 2.75) is 39.0 Å². The van der Waals surface area contributed by atoms with Crippen LogP contribution in [-0.4, -0.2) is 15.0 Å². The van der Waals surface area contributed by atoms with E-state index in [1.165, 1.54) is 6.92 Å². The maximum absolute atomic E-state index is 13.5. The van der Waals surface area contributed by atoms with Gasteiger partial charge in [0.25, 0.3) is 0 Å². The number of nitrogens with two attached hydrogens (primary N) is 1. The Bertz CT molecular complexity index is 654. The average molecular weight is 300 g/mol. The molecular weight excluding hydrogens is 279 g/mol. The van der Waals surface area contributed by atoms with Gasteiger partial charge in [-0.2, -0.15) is 0 Å². The lowest BCUT2D eigenvalue weighted by Crippen LogP contribution is -2.28. The van der Waals surface area contributed by atoms with Crippen LogP contribution in [0.4, 0.5) is 10.1 Å². The van der Waals surface area contributed by atoms with Crippen molar-refractivity contribution in [3.8, 4) is 0 Å². The van der Waals surface area contributed by atoms with Gasteiger partial charge in [-0.15, -0.1) is 0 Å². The Morgan fingerprint density at radius 2 is 2.00 bits per heavy atom. The molecule has 1 unspecified atom stereocenters. The Kier molecular flexibility index (Phi) is 3.59. The van der Waals surface area contributed by atoms with Gasteiger partial charge in [-0.3, -0.25) is 0 Å². The van der Waals surface area contributed by atoms with Crippen LogP contribution in [0.15, 0.2) is 11.0 Å². The van der Waals surface area contributed by atoms with Crippen molar-refractivity contribution >= 4 is 15.7 Å². The van der Waals surface area contributed by atoms with E-state index in [4.69, 9.17) is 5.73 Å². The number of sulfonamides is 1. The molecule has 6 heteroatoms. The molecule has 0 aliphatic heterocycles. The van der Waals surface area contributed by atoms with E-state index in [1.807, 2.05) is 0 Å². The minimum atomic E-state index is -3.66. The molecule has 1 aromatic carbocycles. The summed E-state index contributed by atoms with van der Waals surface area (Å²) in [5, 5.41) is 0. The molecule has 0 bridgehead atoms. The summed E-state index contributed by atoms with van der Waals surface area (Å²) in [4.78, 5) is 0.0925. The van der Waals surface area contributed by atoms with Crippen LogP contribution < -0.4 is 10.5 Å². The van der Waals surface area contributed by atoms with Crippen LogP contribution in [0.25, 0.3) is 0 Å².